The Labute approximate surface area is 147 Å². The van der Waals surface area contributed by atoms with Gasteiger partial charge in [0.05, 0.1) is 5.54 Å². The first-order valence-corrected chi connectivity index (χ1v) is 9.08. The highest BCUT2D eigenvalue weighted by atomic mass is 32.1. The average Bonchev–Trinajstić information content (AvgIpc) is 3.38. The molecule has 8 heteroatoms. The monoisotopic (exact) mass is 356 g/mol. The van der Waals surface area contributed by atoms with Crippen molar-refractivity contribution < 1.29 is 14.0 Å². The minimum atomic E-state index is -0.460. The molecule has 1 aliphatic carbocycles. The van der Waals surface area contributed by atoms with Gasteiger partial charge >= 0.3 is 0 Å². The summed E-state index contributed by atoms with van der Waals surface area (Å²) in [5.41, 5.74) is 7.56. The first-order chi connectivity index (χ1) is 12.2. The van der Waals surface area contributed by atoms with Crippen LogP contribution in [0.2, 0.25) is 0 Å². The van der Waals surface area contributed by atoms with E-state index < -0.39 is 5.54 Å². The number of nitrogens with zero attached hydrogens (tertiary/aromatic N) is 3. The zero-order chi connectivity index (χ0) is 16.9. The summed E-state index contributed by atoms with van der Waals surface area (Å²) >= 11 is 1.52. The van der Waals surface area contributed by atoms with Crippen molar-refractivity contribution >= 4 is 11.3 Å². The molecule has 25 heavy (non-hydrogen) atoms. The molecule has 1 aromatic carbocycles. The molecule has 0 radical (unpaired) electrons. The minimum absolute atomic E-state index is 0.257. The van der Waals surface area contributed by atoms with Crippen molar-refractivity contribution in [3.63, 3.8) is 0 Å². The van der Waals surface area contributed by atoms with Crippen LogP contribution in [0.25, 0.3) is 22.2 Å². The molecule has 2 aliphatic rings. The predicted molar refractivity (Wildman–Crippen MR) is 91.3 cm³/mol. The van der Waals surface area contributed by atoms with E-state index in [4.69, 9.17) is 19.7 Å². The van der Waals surface area contributed by atoms with Gasteiger partial charge in [-0.15, -0.1) is 11.3 Å². The van der Waals surface area contributed by atoms with E-state index in [0.717, 1.165) is 47.8 Å². The van der Waals surface area contributed by atoms with Crippen molar-refractivity contribution in [1.29, 1.82) is 0 Å². The molecule has 0 atom stereocenters. The number of hydrogen-bond donors (Lipinski definition) is 1. The molecule has 1 saturated carbocycles. The van der Waals surface area contributed by atoms with E-state index in [9.17, 15) is 0 Å². The molecule has 2 N–H and O–H groups in total. The molecule has 1 aliphatic heterocycles. The largest absolute Gasteiger partial charge is 0.454 e. The summed E-state index contributed by atoms with van der Waals surface area (Å²) in [6.45, 7) is 0.257. The van der Waals surface area contributed by atoms with Crippen molar-refractivity contribution in [2.75, 3.05) is 6.79 Å². The third-order valence-electron chi connectivity index (χ3n) is 4.71. The van der Waals surface area contributed by atoms with E-state index in [1.165, 1.54) is 11.3 Å². The van der Waals surface area contributed by atoms with Gasteiger partial charge in [0.1, 0.15) is 10.7 Å². The van der Waals surface area contributed by atoms with Crippen LogP contribution in [0, 0.1) is 0 Å². The Hall–Kier alpha value is -2.45. The lowest BCUT2D eigenvalue weighted by Crippen LogP contribution is -2.34. The predicted octanol–water partition coefficient (Wildman–Crippen LogP) is 3.32. The van der Waals surface area contributed by atoms with Crippen LogP contribution in [-0.4, -0.2) is 21.9 Å². The smallest absolute Gasteiger partial charge is 0.277 e. The van der Waals surface area contributed by atoms with Crippen LogP contribution in [0.4, 0.5) is 0 Å². The maximum absolute atomic E-state index is 6.39. The third-order valence-corrected chi connectivity index (χ3v) is 5.60. The Bertz CT molecular complexity index is 930. The zero-order valence-electron chi connectivity index (χ0n) is 13.4. The van der Waals surface area contributed by atoms with Crippen LogP contribution in [-0.2, 0) is 5.54 Å². The Kier molecular flexibility index (Phi) is 3.29. The van der Waals surface area contributed by atoms with Crippen LogP contribution >= 0.6 is 11.3 Å². The van der Waals surface area contributed by atoms with Gasteiger partial charge in [-0.2, -0.15) is 4.98 Å². The molecule has 5 rings (SSSR count). The van der Waals surface area contributed by atoms with Gasteiger partial charge in [0.15, 0.2) is 17.3 Å². The van der Waals surface area contributed by atoms with E-state index >= 15 is 0 Å². The van der Waals surface area contributed by atoms with Gasteiger partial charge in [-0.1, -0.05) is 18.0 Å². The van der Waals surface area contributed by atoms with Crippen LogP contribution in [0.3, 0.4) is 0 Å². The van der Waals surface area contributed by atoms with Crippen molar-refractivity contribution in [3.05, 3.63) is 29.4 Å². The summed E-state index contributed by atoms with van der Waals surface area (Å²) in [5, 5.41) is 6.86. The zero-order valence-corrected chi connectivity index (χ0v) is 14.2. The summed E-state index contributed by atoms with van der Waals surface area (Å²) < 4.78 is 16.2. The highest BCUT2D eigenvalue weighted by Gasteiger charge is 2.36. The quantitative estimate of drug-likeness (QED) is 0.769. The van der Waals surface area contributed by atoms with Gasteiger partial charge in [0.25, 0.3) is 5.89 Å². The molecule has 128 valence electrons. The molecule has 0 bridgehead atoms. The second-order valence-electron chi connectivity index (χ2n) is 6.39. The maximum Gasteiger partial charge on any atom is 0.277 e. The molecule has 0 saturated heterocycles. The molecule has 7 nitrogen and oxygen atoms in total. The molecular formula is C17H16N4O3S. The third kappa shape index (κ3) is 2.49. The standard InChI is InChI=1S/C17H16N4O3S/c18-17(5-1-2-6-17)16-20-14(24-21-16)11-8-25-15(19-11)10-3-4-12-13(7-10)23-9-22-12/h3-4,7-8H,1-2,5-6,9,18H2. The highest BCUT2D eigenvalue weighted by Crippen LogP contribution is 2.38. The van der Waals surface area contributed by atoms with E-state index in [2.05, 4.69) is 15.1 Å². The summed E-state index contributed by atoms with van der Waals surface area (Å²) in [6, 6.07) is 5.78. The number of fused-ring (bicyclic) bond motifs is 1. The Balaban J connectivity index is 1.44. The van der Waals surface area contributed by atoms with E-state index in [0.29, 0.717) is 17.4 Å². The summed E-state index contributed by atoms with van der Waals surface area (Å²) in [6.07, 6.45) is 3.99. The van der Waals surface area contributed by atoms with E-state index in [1.54, 1.807) is 0 Å². The second-order valence-corrected chi connectivity index (χ2v) is 7.25. The number of ether oxygens (including phenoxy) is 2. The highest BCUT2D eigenvalue weighted by molar-refractivity contribution is 7.13. The fourth-order valence-corrected chi connectivity index (χ4v) is 4.08. The van der Waals surface area contributed by atoms with Crippen LogP contribution in [0.15, 0.2) is 28.1 Å². The number of hydrogen-bond acceptors (Lipinski definition) is 8. The van der Waals surface area contributed by atoms with Gasteiger partial charge in [0, 0.05) is 10.9 Å². The molecule has 1 fully saturated rings. The number of aromatic nitrogens is 3. The SMILES string of the molecule is NC1(c2noc(-c3csc(-c4ccc5c(c4)OCO5)n3)n2)CCCC1. The van der Waals surface area contributed by atoms with Crippen LogP contribution < -0.4 is 15.2 Å². The van der Waals surface area contributed by atoms with Crippen molar-refractivity contribution in [1.82, 2.24) is 15.1 Å². The van der Waals surface area contributed by atoms with Gasteiger partial charge in [-0.05, 0) is 31.0 Å². The topological polar surface area (TPSA) is 96.3 Å². The maximum atomic E-state index is 6.39. The Morgan fingerprint density at radius 2 is 1.92 bits per heavy atom. The first-order valence-electron chi connectivity index (χ1n) is 8.20. The molecule has 0 spiro atoms. The van der Waals surface area contributed by atoms with Crippen molar-refractivity contribution in [3.8, 4) is 33.7 Å². The molecule has 3 heterocycles. The van der Waals surface area contributed by atoms with Gasteiger partial charge in [0.2, 0.25) is 6.79 Å². The van der Waals surface area contributed by atoms with Gasteiger partial charge < -0.3 is 19.7 Å². The van der Waals surface area contributed by atoms with Crippen LogP contribution in [0.5, 0.6) is 11.5 Å². The first kappa shape index (κ1) is 14.9. The molecule has 2 aromatic heterocycles. The molecule has 0 amide bonds. The lowest BCUT2D eigenvalue weighted by molar-refractivity contribution is 0.174. The molecular weight excluding hydrogens is 340 g/mol. The fourth-order valence-electron chi connectivity index (χ4n) is 3.29. The number of rotatable bonds is 3. The second kappa shape index (κ2) is 5.53. The van der Waals surface area contributed by atoms with E-state index in [1.807, 2.05) is 23.6 Å². The molecule has 3 aromatic rings. The minimum Gasteiger partial charge on any atom is -0.454 e. The Morgan fingerprint density at radius 3 is 2.80 bits per heavy atom. The average molecular weight is 356 g/mol. The normalized spacial score (nSPS) is 18.0. The lowest BCUT2D eigenvalue weighted by atomic mass is 9.99. The van der Waals surface area contributed by atoms with Gasteiger partial charge in [-0.3, -0.25) is 0 Å². The number of benzene rings is 1. The molecule has 0 unspecified atom stereocenters. The summed E-state index contributed by atoms with van der Waals surface area (Å²) in [5.74, 6) is 2.49. The fraction of sp³-hybridized carbons (Fsp3) is 0.353. The van der Waals surface area contributed by atoms with Crippen molar-refractivity contribution in [2.45, 2.75) is 31.2 Å². The van der Waals surface area contributed by atoms with Crippen LogP contribution in [0.1, 0.15) is 31.5 Å². The number of nitrogens with two attached hydrogens (primary N) is 1. The summed E-state index contributed by atoms with van der Waals surface area (Å²) in [7, 11) is 0. The van der Waals surface area contributed by atoms with Gasteiger partial charge in [-0.25, -0.2) is 4.98 Å². The number of thiazole rings is 1. The lowest BCUT2D eigenvalue weighted by Gasteiger charge is -2.17. The van der Waals surface area contributed by atoms with Crippen molar-refractivity contribution in [2.24, 2.45) is 5.73 Å². The Morgan fingerprint density at radius 1 is 1.08 bits per heavy atom. The summed E-state index contributed by atoms with van der Waals surface area (Å²) in [4.78, 5) is 9.12. The van der Waals surface area contributed by atoms with E-state index in [-0.39, 0.29) is 6.79 Å².